The lowest BCUT2D eigenvalue weighted by atomic mass is 9.99. The van der Waals surface area contributed by atoms with E-state index in [1.54, 1.807) is 11.1 Å². The van der Waals surface area contributed by atoms with Crippen molar-refractivity contribution < 1.29 is 4.57 Å². The Hall–Kier alpha value is -1.63. The number of hydrogen-bond donors (Lipinski definition) is 0. The summed E-state index contributed by atoms with van der Waals surface area (Å²) in [6.45, 7) is 2.20. The lowest BCUT2D eigenvalue weighted by Gasteiger charge is -2.08. The first kappa shape index (κ1) is 10.5. The van der Waals surface area contributed by atoms with Crippen LogP contribution in [-0.4, -0.2) is 0 Å². The molecule has 0 unspecified atom stereocenters. The number of benzene rings is 1. The van der Waals surface area contributed by atoms with Gasteiger partial charge in [-0.1, -0.05) is 18.2 Å². The van der Waals surface area contributed by atoms with Crippen LogP contribution in [0.4, 0.5) is 0 Å². The summed E-state index contributed by atoms with van der Waals surface area (Å²) < 4.78 is 2.27. The quantitative estimate of drug-likeness (QED) is 0.656. The summed E-state index contributed by atoms with van der Waals surface area (Å²) in [7, 11) is 2.15. The second kappa shape index (κ2) is 3.99. The van der Waals surface area contributed by atoms with E-state index < -0.39 is 0 Å². The minimum atomic E-state index is 1.23. The van der Waals surface area contributed by atoms with Crippen LogP contribution in [0.5, 0.6) is 0 Å². The molecule has 1 nitrogen and oxygen atoms in total. The molecule has 1 aromatic heterocycles. The van der Waals surface area contributed by atoms with Crippen molar-refractivity contribution in [1.82, 2.24) is 0 Å². The highest BCUT2D eigenvalue weighted by atomic mass is 14.9. The number of nitrogens with zero attached hydrogens (tertiary/aromatic N) is 1. The van der Waals surface area contributed by atoms with E-state index in [2.05, 4.69) is 55.1 Å². The average Bonchev–Trinajstić information content (AvgIpc) is 2.79. The lowest BCUT2D eigenvalue weighted by molar-refractivity contribution is -0.660. The average molecular weight is 224 g/mol. The zero-order valence-corrected chi connectivity index (χ0v) is 10.5. The van der Waals surface area contributed by atoms with Gasteiger partial charge in [0.2, 0.25) is 5.69 Å². The van der Waals surface area contributed by atoms with Crippen molar-refractivity contribution in [3.8, 4) is 11.3 Å². The molecule has 1 aromatic carbocycles. The van der Waals surface area contributed by atoms with Crippen LogP contribution in [0.2, 0.25) is 0 Å². The fourth-order valence-corrected chi connectivity index (χ4v) is 2.90. The molecule has 1 aliphatic rings. The second-order valence-corrected chi connectivity index (χ2v) is 4.95. The highest BCUT2D eigenvalue weighted by Crippen LogP contribution is 2.30. The zero-order valence-electron chi connectivity index (χ0n) is 10.5. The van der Waals surface area contributed by atoms with Crippen LogP contribution >= 0.6 is 0 Å². The first-order chi connectivity index (χ1) is 8.27. The third kappa shape index (κ3) is 1.66. The minimum Gasteiger partial charge on any atom is -0.201 e. The van der Waals surface area contributed by atoms with Crippen molar-refractivity contribution in [3.63, 3.8) is 0 Å². The van der Waals surface area contributed by atoms with Crippen molar-refractivity contribution in [2.45, 2.75) is 26.2 Å². The Morgan fingerprint density at radius 3 is 2.71 bits per heavy atom. The van der Waals surface area contributed by atoms with Crippen molar-refractivity contribution in [2.75, 3.05) is 0 Å². The molecular weight excluding hydrogens is 206 g/mol. The largest absolute Gasteiger partial charge is 0.216 e. The maximum absolute atomic E-state index is 2.28. The standard InChI is InChI=1S/C16H18N/c1-12-6-3-4-8-14(12)16-15-9-5-7-13(15)10-11-17(16)2/h3-4,6,8,10-11H,5,7,9H2,1-2H3/q+1. The smallest absolute Gasteiger partial charge is 0.201 e. The molecule has 0 atom stereocenters. The second-order valence-electron chi connectivity index (χ2n) is 4.95. The highest BCUT2D eigenvalue weighted by Gasteiger charge is 2.23. The topological polar surface area (TPSA) is 3.88 Å². The molecule has 3 rings (SSSR count). The normalized spacial score (nSPS) is 13.8. The van der Waals surface area contributed by atoms with E-state index in [0.717, 1.165) is 0 Å². The number of fused-ring (bicyclic) bond motifs is 1. The third-order valence-electron chi connectivity index (χ3n) is 3.80. The maximum Gasteiger partial charge on any atom is 0.216 e. The molecule has 86 valence electrons. The van der Waals surface area contributed by atoms with Crippen LogP contribution in [0.15, 0.2) is 36.5 Å². The highest BCUT2D eigenvalue weighted by molar-refractivity contribution is 5.65. The van der Waals surface area contributed by atoms with Gasteiger partial charge in [-0.15, -0.1) is 0 Å². The molecule has 17 heavy (non-hydrogen) atoms. The number of pyridine rings is 1. The molecule has 1 heteroatoms. The van der Waals surface area contributed by atoms with Gasteiger partial charge in [0.15, 0.2) is 6.20 Å². The van der Waals surface area contributed by atoms with Crippen LogP contribution < -0.4 is 4.57 Å². The number of aryl methyl sites for hydroxylation is 3. The van der Waals surface area contributed by atoms with Gasteiger partial charge in [-0.2, -0.15) is 0 Å². The van der Waals surface area contributed by atoms with Crippen molar-refractivity contribution in [3.05, 3.63) is 53.2 Å². The predicted molar refractivity (Wildman–Crippen MR) is 69.8 cm³/mol. The summed E-state index contributed by atoms with van der Waals surface area (Å²) in [5.41, 5.74) is 7.26. The van der Waals surface area contributed by atoms with Crippen LogP contribution in [0, 0.1) is 6.92 Å². The third-order valence-corrected chi connectivity index (χ3v) is 3.80. The fraction of sp³-hybridized carbons (Fsp3) is 0.312. The summed E-state index contributed by atoms with van der Waals surface area (Å²) in [6.07, 6.45) is 5.98. The van der Waals surface area contributed by atoms with E-state index >= 15 is 0 Å². The van der Waals surface area contributed by atoms with Crippen LogP contribution in [0.1, 0.15) is 23.1 Å². The fourth-order valence-electron chi connectivity index (χ4n) is 2.90. The SMILES string of the molecule is Cc1ccccc1-c1c2c(cc[n+]1C)CCC2. The molecule has 0 saturated heterocycles. The van der Waals surface area contributed by atoms with Crippen molar-refractivity contribution in [1.29, 1.82) is 0 Å². The monoisotopic (exact) mass is 224 g/mol. The summed E-state index contributed by atoms with van der Waals surface area (Å²) in [4.78, 5) is 0. The van der Waals surface area contributed by atoms with E-state index in [9.17, 15) is 0 Å². The number of hydrogen-bond acceptors (Lipinski definition) is 0. The van der Waals surface area contributed by atoms with Gasteiger partial charge in [-0.25, -0.2) is 4.57 Å². The molecule has 0 spiro atoms. The summed E-state index contributed by atoms with van der Waals surface area (Å²) in [5, 5.41) is 0. The van der Waals surface area contributed by atoms with Gasteiger partial charge in [-0.05, 0) is 43.4 Å². The molecule has 0 fully saturated rings. The Morgan fingerprint density at radius 1 is 1.06 bits per heavy atom. The molecule has 2 aromatic rings. The van der Waals surface area contributed by atoms with E-state index in [1.807, 2.05) is 0 Å². The molecule has 1 heterocycles. The summed E-state index contributed by atoms with van der Waals surface area (Å²) in [6, 6.07) is 11.0. The summed E-state index contributed by atoms with van der Waals surface area (Å²) >= 11 is 0. The molecule has 0 aliphatic heterocycles. The van der Waals surface area contributed by atoms with E-state index in [-0.39, 0.29) is 0 Å². The van der Waals surface area contributed by atoms with Gasteiger partial charge in [0.25, 0.3) is 0 Å². The molecule has 1 aliphatic carbocycles. The molecular formula is C16H18N+. The molecule has 0 radical (unpaired) electrons. The van der Waals surface area contributed by atoms with Gasteiger partial charge in [0, 0.05) is 17.2 Å². The van der Waals surface area contributed by atoms with Gasteiger partial charge in [0.1, 0.15) is 7.05 Å². The van der Waals surface area contributed by atoms with Crippen LogP contribution in [-0.2, 0) is 19.9 Å². The first-order valence-electron chi connectivity index (χ1n) is 6.34. The van der Waals surface area contributed by atoms with Gasteiger partial charge in [-0.3, -0.25) is 0 Å². The van der Waals surface area contributed by atoms with Crippen molar-refractivity contribution in [2.24, 2.45) is 7.05 Å². The molecule has 0 amide bonds. The molecule has 0 saturated carbocycles. The Kier molecular flexibility index (Phi) is 2.47. The Labute approximate surface area is 103 Å². The molecule has 0 bridgehead atoms. The minimum absolute atomic E-state index is 1.23. The number of aromatic nitrogens is 1. The predicted octanol–water partition coefficient (Wildman–Crippen LogP) is 2.98. The van der Waals surface area contributed by atoms with E-state index in [4.69, 9.17) is 0 Å². The van der Waals surface area contributed by atoms with Gasteiger partial charge < -0.3 is 0 Å². The van der Waals surface area contributed by atoms with Crippen LogP contribution in [0.25, 0.3) is 11.3 Å². The van der Waals surface area contributed by atoms with Gasteiger partial charge in [0.05, 0.1) is 0 Å². The van der Waals surface area contributed by atoms with E-state index in [1.165, 1.54) is 36.1 Å². The van der Waals surface area contributed by atoms with Crippen molar-refractivity contribution >= 4 is 0 Å². The Bertz CT molecular complexity index is 570. The summed E-state index contributed by atoms with van der Waals surface area (Å²) in [5.74, 6) is 0. The van der Waals surface area contributed by atoms with E-state index in [0.29, 0.717) is 0 Å². The number of rotatable bonds is 1. The van der Waals surface area contributed by atoms with Gasteiger partial charge >= 0.3 is 0 Å². The Morgan fingerprint density at radius 2 is 1.88 bits per heavy atom. The van der Waals surface area contributed by atoms with Crippen LogP contribution in [0.3, 0.4) is 0 Å². The maximum atomic E-state index is 2.28. The molecule has 0 N–H and O–H groups in total. The Balaban J connectivity index is 2.28. The zero-order chi connectivity index (χ0) is 11.8. The first-order valence-corrected chi connectivity index (χ1v) is 6.34. The lowest BCUT2D eigenvalue weighted by Crippen LogP contribution is -2.32.